The van der Waals surface area contributed by atoms with Crippen LogP contribution < -0.4 is 5.32 Å². The fourth-order valence-electron chi connectivity index (χ4n) is 1.72. The highest BCUT2D eigenvalue weighted by Gasteiger charge is 2.04. The van der Waals surface area contributed by atoms with E-state index in [1.54, 1.807) is 12.3 Å². The average molecular weight is 262 g/mol. The molecule has 0 fully saturated rings. The minimum Gasteiger partial charge on any atom is -0.469 e. The zero-order chi connectivity index (χ0) is 12.4. The lowest BCUT2D eigenvalue weighted by Gasteiger charge is -1.99. The molecular formula is C13H11FN2OS. The Kier molecular flexibility index (Phi) is 2.98. The first-order valence-corrected chi connectivity index (χ1v) is 6.45. The molecule has 1 aromatic carbocycles. The summed E-state index contributed by atoms with van der Waals surface area (Å²) in [5.41, 5.74) is 0.821. The standard InChI is InChI=1S/C13H11FN2OS/c14-9-3-4-11-12(8-9)18-13(16-11)15-6-5-10-2-1-7-17-10/h1-4,7-8H,5-6H2,(H,15,16). The maximum atomic E-state index is 13.0. The number of anilines is 1. The second-order valence-corrected chi connectivity index (χ2v) is 4.92. The zero-order valence-electron chi connectivity index (χ0n) is 9.52. The highest BCUT2D eigenvalue weighted by molar-refractivity contribution is 7.22. The first-order valence-electron chi connectivity index (χ1n) is 5.63. The fourth-order valence-corrected chi connectivity index (χ4v) is 2.64. The molecule has 3 aromatic rings. The molecule has 1 N–H and O–H groups in total. The van der Waals surface area contributed by atoms with Gasteiger partial charge in [0, 0.05) is 13.0 Å². The van der Waals surface area contributed by atoms with Crippen molar-refractivity contribution in [1.29, 1.82) is 0 Å². The molecule has 0 bridgehead atoms. The Balaban J connectivity index is 1.67. The van der Waals surface area contributed by atoms with E-state index in [2.05, 4.69) is 10.3 Å². The van der Waals surface area contributed by atoms with E-state index in [0.717, 1.165) is 34.1 Å². The van der Waals surface area contributed by atoms with E-state index < -0.39 is 0 Å². The van der Waals surface area contributed by atoms with Crippen LogP contribution in [0, 0.1) is 5.82 Å². The summed E-state index contributed by atoms with van der Waals surface area (Å²) >= 11 is 1.46. The molecule has 0 aliphatic heterocycles. The van der Waals surface area contributed by atoms with Gasteiger partial charge in [-0.15, -0.1) is 0 Å². The van der Waals surface area contributed by atoms with Gasteiger partial charge in [0.25, 0.3) is 0 Å². The number of halogens is 1. The average Bonchev–Trinajstić information content (AvgIpc) is 2.97. The summed E-state index contributed by atoms with van der Waals surface area (Å²) in [4.78, 5) is 4.38. The molecule has 0 saturated carbocycles. The third kappa shape index (κ3) is 2.36. The smallest absolute Gasteiger partial charge is 0.183 e. The van der Waals surface area contributed by atoms with Gasteiger partial charge < -0.3 is 9.73 Å². The third-order valence-electron chi connectivity index (χ3n) is 2.58. The molecule has 3 rings (SSSR count). The van der Waals surface area contributed by atoms with Crippen LogP contribution in [0.25, 0.3) is 10.2 Å². The lowest BCUT2D eigenvalue weighted by molar-refractivity contribution is 0.513. The molecule has 5 heteroatoms. The maximum absolute atomic E-state index is 13.0. The largest absolute Gasteiger partial charge is 0.469 e. The van der Waals surface area contributed by atoms with Gasteiger partial charge in [-0.25, -0.2) is 9.37 Å². The molecule has 3 nitrogen and oxygen atoms in total. The Morgan fingerprint density at radius 2 is 2.28 bits per heavy atom. The van der Waals surface area contributed by atoms with E-state index in [0.29, 0.717) is 0 Å². The number of thiazole rings is 1. The highest BCUT2D eigenvalue weighted by Crippen LogP contribution is 2.26. The SMILES string of the molecule is Fc1ccc2nc(NCCc3ccco3)sc2c1. The second kappa shape index (κ2) is 4.78. The van der Waals surface area contributed by atoms with Crippen LogP contribution in [0.1, 0.15) is 5.76 Å². The molecule has 0 aliphatic rings. The van der Waals surface area contributed by atoms with Crippen molar-refractivity contribution in [2.45, 2.75) is 6.42 Å². The highest BCUT2D eigenvalue weighted by atomic mass is 32.1. The topological polar surface area (TPSA) is 38.1 Å². The molecule has 18 heavy (non-hydrogen) atoms. The Labute approximate surface area is 107 Å². The van der Waals surface area contributed by atoms with Crippen LogP contribution in [0.5, 0.6) is 0 Å². The normalized spacial score (nSPS) is 10.9. The van der Waals surface area contributed by atoms with Crippen molar-refractivity contribution >= 4 is 26.7 Å². The number of hydrogen-bond acceptors (Lipinski definition) is 4. The lowest BCUT2D eigenvalue weighted by atomic mass is 10.3. The van der Waals surface area contributed by atoms with Gasteiger partial charge >= 0.3 is 0 Å². The molecule has 0 saturated heterocycles. The van der Waals surface area contributed by atoms with Crippen molar-refractivity contribution in [1.82, 2.24) is 4.98 Å². The Morgan fingerprint density at radius 1 is 1.33 bits per heavy atom. The van der Waals surface area contributed by atoms with E-state index in [1.165, 1.54) is 23.5 Å². The van der Waals surface area contributed by atoms with E-state index in [4.69, 9.17) is 4.42 Å². The van der Waals surface area contributed by atoms with E-state index >= 15 is 0 Å². The van der Waals surface area contributed by atoms with Crippen molar-refractivity contribution in [3.8, 4) is 0 Å². The van der Waals surface area contributed by atoms with Crippen molar-refractivity contribution in [3.05, 3.63) is 48.2 Å². The number of rotatable bonds is 4. The number of nitrogens with zero attached hydrogens (tertiary/aromatic N) is 1. The minimum atomic E-state index is -0.228. The third-order valence-corrected chi connectivity index (χ3v) is 3.55. The molecule has 0 aliphatic carbocycles. The molecule has 0 amide bonds. The van der Waals surface area contributed by atoms with Crippen molar-refractivity contribution in [2.75, 3.05) is 11.9 Å². The van der Waals surface area contributed by atoms with Crippen LogP contribution in [0.4, 0.5) is 9.52 Å². The Bertz CT molecular complexity index is 648. The van der Waals surface area contributed by atoms with Crippen molar-refractivity contribution < 1.29 is 8.81 Å². The van der Waals surface area contributed by atoms with E-state index in [9.17, 15) is 4.39 Å². The van der Waals surface area contributed by atoms with Crippen LogP contribution in [0.2, 0.25) is 0 Å². The van der Waals surface area contributed by atoms with Gasteiger partial charge in [-0.2, -0.15) is 0 Å². The molecule has 0 radical (unpaired) electrons. The lowest BCUT2D eigenvalue weighted by Crippen LogP contribution is -2.03. The number of furan rings is 1. The van der Waals surface area contributed by atoms with Gasteiger partial charge in [-0.3, -0.25) is 0 Å². The first-order chi connectivity index (χ1) is 8.81. The molecule has 2 heterocycles. The Morgan fingerprint density at radius 3 is 3.11 bits per heavy atom. The van der Waals surface area contributed by atoms with Crippen LogP contribution in [0.3, 0.4) is 0 Å². The van der Waals surface area contributed by atoms with Gasteiger partial charge in [-0.1, -0.05) is 11.3 Å². The monoisotopic (exact) mass is 262 g/mol. The molecule has 2 aromatic heterocycles. The Hall–Kier alpha value is -1.88. The maximum Gasteiger partial charge on any atom is 0.183 e. The summed E-state index contributed by atoms with van der Waals surface area (Å²) in [5.74, 6) is 0.711. The fraction of sp³-hybridized carbons (Fsp3) is 0.154. The number of fused-ring (bicyclic) bond motifs is 1. The van der Waals surface area contributed by atoms with Gasteiger partial charge in [0.15, 0.2) is 5.13 Å². The van der Waals surface area contributed by atoms with Gasteiger partial charge in [0.05, 0.1) is 16.5 Å². The zero-order valence-corrected chi connectivity index (χ0v) is 10.3. The molecule has 92 valence electrons. The van der Waals surface area contributed by atoms with Crippen molar-refractivity contribution in [3.63, 3.8) is 0 Å². The predicted molar refractivity (Wildman–Crippen MR) is 70.5 cm³/mol. The predicted octanol–water partition coefficient (Wildman–Crippen LogP) is 3.68. The number of nitrogens with one attached hydrogen (secondary N) is 1. The van der Waals surface area contributed by atoms with Crippen LogP contribution >= 0.6 is 11.3 Å². The van der Waals surface area contributed by atoms with Crippen LogP contribution in [-0.4, -0.2) is 11.5 Å². The summed E-state index contributed by atoms with van der Waals surface area (Å²) in [5, 5.41) is 4.02. The second-order valence-electron chi connectivity index (χ2n) is 3.89. The van der Waals surface area contributed by atoms with Gasteiger partial charge in [0.1, 0.15) is 11.6 Å². The summed E-state index contributed by atoms with van der Waals surface area (Å²) in [6.07, 6.45) is 2.47. The summed E-state index contributed by atoms with van der Waals surface area (Å²) in [6, 6.07) is 8.43. The first kappa shape index (κ1) is 11.2. The summed E-state index contributed by atoms with van der Waals surface area (Å²) in [7, 11) is 0. The quantitative estimate of drug-likeness (QED) is 0.779. The van der Waals surface area contributed by atoms with Crippen LogP contribution in [-0.2, 0) is 6.42 Å². The van der Waals surface area contributed by atoms with Crippen molar-refractivity contribution in [2.24, 2.45) is 0 Å². The number of hydrogen-bond donors (Lipinski definition) is 1. The minimum absolute atomic E-state index is 0.228. The van der Waals surface area contributed by atoms with Crippen LogP contribution in [0.15, 0.2) is 41.0 Å². The van der Waals surface area contributed by atoms with E-state index in [-0.39, 0.29) is 5.82 Å². The number of aromatic nitrogens is 1. The van der Waals surface area contributed by atoms with E-state index in [1.807, 2.05) is 12.1 Å². The number of benzene rings is 1. The summed E-state index contributed by atoms with van der Waals surface area (Å²) < 4.78 is 19.1. The summed E-state index contributed by atoms with van der Waals surface area (Å²) in [6.45, 7) is 0.746. The molecular weight excluding hydrogens is 251 g/mol. The molecule has 0 spiro atoms. The molecule has 0 atom stereocenters. The van der Waals surface area contributed by atoms with Gasteiger partial charge in [-0.05, 0) is 30.3 Å². The molecule has 0 unspecified atom stereocenters. The van der Waals surface area contributed by atoms with Gasteiger partial charge in [0.2, 0.25) is 0 Å².